The van der Waals surface area contributed by atoms with Crippen LogP contribution in [0.2, 0.25) is 0 Å². The third-order valence-electron chi connectivity index (χ3n) is 9.20. The van der Waals surface area contributed by atoms with Crippen LogP contribution in [0, 0.1) is 5.92 Å². The zero-order valence-electron chi connectivity index (χ0n) is 27.3. The van der Waals surface area contributed by atoms with Crippen molar-refractivity contribution in [2.75, 3.05) is 14.2 Å². The van der Waals surface area contributed by atoms with Crippen LogP contribution in [0.15, 0.2) is 127 Å². The minimum Gasteiger partial charge on any atom is -0.465 e. The smallest absolute Gasteiger partial charge is 0.337 e. The van der Waals surface area contributed by atoms with Gasteiger partial charge in [0.1, 0.15) is 0 Å². The second-order valence-corrected chi connectivity index (χ2v) is 12.3. The third-order valence-corrected chi connectivity index (χ3v) is 9.20. The molecular weight excluding hydrogens is 598 g/mol. The Morgan fingerprint density at radius 3 is 2.00 bits per heavy atom. The first-order valence-corrected chi connectivity index (χ1v) is 16.3. The van der Waals surface area contributed by atoms with Gasteiger partial charge < -0.3 is 14.4 Å². The van der Waals surface area contributed by atoms with E-state index in [9.17, 15) is 14.4 Å². The van der Waals surface area contributed by atoms with E-state index in [1.54, 1.807) is 18.2 Å². The van der Waals surface area contributed by atoms with Gasteiger partial charge in [0.2, 0.25) is 5.91 Å². The van der Waals surface area contributed by atoms with Crippen molar-refractivity contribution in [3.05, 3.63) is 166 Å². The molecule has 0 saturated heterocycles. The summed E-state index contributed by atoms with van der Waals surface area (Å²) >= 11 is 0. The highest BCUT2D eigenvalue weighted by Gasteiger charge is 2.36. The topological polar surface area (TPSA) is 72.9 Å². The molecule has 0 saturated carbocycles. The van der Waals surface area contributed by atoms with Crippen molar-refractivity contribution in [2.45, 2.75) is 38.3 Å². The molecule has 0 spiro atoms. The maximum absolute atomic E-state index is 14.7. The van der Waals surface area contributed by atoms with Crippen molar-refractivity contribution in [1.82, 2.24) is 4.90 Å². The fraction of sp³-hybridized carbons (Fsp3) is 0.214. The van der Waals surface area contributed by atoms with Crippen LogP contribution in [0.4, 0.5) is 0 Å². The summed E-state index contributed by atoms with van der Waals surface area (Å²) in [5.41, 5.74) is 8.12. The van der Waals surface area contributed by atoms with E-state index in [1.807, 2.05) is 65.6 Å². The van der Waals surface area contributed by atoms with E-state index in [1.165, 1.54) is 30.9 Å². The molecule has 0 unspecified atom stereocenters. The van der Waals surface area contributed by atoms with Crippen LogP contribution < -0.4 is 0 Å². The molecule has 0 radical (unpaired) electrons. The Bertz CT molecular complexity index is 1920. The molecule has 6 heteroatoms. The molecule has 0 N–H and O–H groups in total. The van der Waals surface area contributed by atoms with E-state index >= 15 is 0 Å². The SMILES string of the molecule is COC(=O)c1cccc(CN(C(=O)Cc2cccc(-c3cccc(C(=O)OC)c3)c2)[C@@H]2c3ccccc3CC[C@H]2Cc2ccccc2)c1. The van der Waals surface area contributed by atoms with Gasteiger partial charge in [-0.3, -0.25) is 4.79 Å². The highest BCUT2D eigenvalue weighted by Crippen LogP contribution is 2.41. The van der Waals surface area contributed by atoms with Crippen molar-refractivity contribution in [3.63, 3.8) is 0 Å². The number of methoxy groups -OCH3 is 2. The Balaban J connectivity index is 1.38. The molecule has 2 atom stereocenters. The van der Waals surface area contributed by atoms with E-state index in [4.69, 9.17) is 9.47 Å². The lowest BCUT2D eigenvalue weighted by atomic mass is 9.76. The second kappa shape index (κ2) is 14.9. The van der Waals surface area contributed by atoms with Crippen LogP contribution in [0.5, 0.6) is 0 Å². The number of carbonyl (C=O) groups excluding carboxylic acids is 3. The first-order chi connectivity index (χ1) is 23.4. The highest BCUT2D eigenvalue weighted by molar-refractivity contribution is 5.91. The predicted octanol–water partition coefficient (Wildman–Crippen LogP) is 8.04. The summed E-state index contributed by atoms with van der Waals surface area (Å²) < 4.78 is 9.92. The number of carbonyl (C=O) groups is 3. The van der Waals surface area contributed by atoms with E-state index in [-0.39, 0.29) is 24.3 Å². The van der Waals surface area contributed by atoms with E-state index in [0.717, 1.165) is 41.5 Å². The first-order valence-electron chi connectivity index (χ1n) is 16.3. The summed E-state index contributed by atoms with van der Waals surface area (Å²) in [6.07, 6.45) is 2.95. The monoisotopic (exact) mass is 637 g/mol. The quantitative estimate of drug-likeness (QED) is 0.145. The van der Waals surface area contributed by atoms with E-state index < -0.39 is 11.9 Å². The Morgan fingerprint density at radius 2 is 1.25 bits per heavy atom. The molecule has 6 nitrogen and oxygen atoms in total. The summed E-state index contributed by atoms with van der Waals surface area (Å²) in [4.78, 5) is 41.4. The number of nitrogens with zero attached hydrogens (tertiary/aromatic N) is 1. The van der Waals surface area contributed by atoms with Crippen LogP contribution in [0.1, 0.15) is 61.0 Å². The molecule has 0 heterocycles. The number of ether oxygens (including phenoxy) is 2. The van der Waals surface area contributed by atoms with Gasteiger partial charge in [-0.25, -0.2) is 9.59 Å². The third kappa shape index (κ3) is 7.39. The lowest BCUT2D eigenvalue weighted by Gasteiger charge is -2.42. The lowest BCUT2D eigenvalue weighted by Crippen LogP contribution is -2.42. The van der Waals surface area contributed by atoms with Gasteiger partial charge in [0.15, 0.2) is 0 Å². The second-order valence-electron chi connectivity index (χ2n) is 12.3. The van der Waals surface area contributed by atoms with E-state index in [2.05, 4.69) is 48.5 Å². The van der Waals surface area contributed by atoms with Gasteiger partial charge in [-0.1, -0.05) is 103 Å². The van der Waals surface area contributed by atoms with Gasteiger partial charge in [0.25, 0.3) is 0 Å². The maximum Gasteiger partial charge on any atom is 0.337 e. The Morgan fingerprint density at radius 1 is 0.646 bits per heavy atom. The zero-order chi connectivity index (χ0) is 33.5. The van der Waals surface area contributed by atoms with Crippen molar-refractivity contribution < 1.29 is 23.9 Å². The minimum absolute atomic E-state index is 0.00121. The summed E-state index contributed by atoms with van der Waals surface area (Å²) in [6, 6.07) is 41.4. The van der Waals surface area contributed by atoms with Gasteiger partial charge in [-0.15, -0.1) is 0 Å². The number of fused-ring (bicyclic) bond motifs is 1. The number of hydrogen-bond acceptors (Lipinski definition) is 5. The van der Waals surface area contributed by atoms with Gasteiger partial charge in [-0.05, 0) is 88.4 Å². The van der Waals surface area contributed by atoms with Crippen LogP contribution in [0.25, 0.3) is 11.1 Å². The van der Waals surface area contributed by atoms with Crippen LogP contribution in [-0.4, -0.2) is 37.0 Å². The number of benzene rings is 5. The normalized spacial score (nSPS) is 15.2. The first kappa shape index (κ1) is 32.5. The average Bonchev–Trinajstić information content (AvgIpc) is 3.14. The van der Waals surface area contributed by atoms with Gasteiger partial charge >= 0.3 is 11.9 Å². The minimum atomic E-state index is -0.409. The van der Waals surface area contributed by atoms with Crippen LogP contribution in [-0.2, 0) is 40.1 Å². The summed E-state index contributed by atoms with van der Waals surface area (Å²) in [6.45, 7) is 0.342. The molecule has 5 aromatic carbocycles. The maximum atomic E-state index is 14.7. The van der Waals surface area contributed by atoms with Gasteiger partial charge in [-0.2, -0.15) is 0 Å². The number of rotatable bonds is 10. The largest absolute Gasteiger partial charge is 0.465 e. The standard InChI is InChI=1S/C42H39NO5/c1-47-41(45)36-18-9-14-31(25-36)28-43(40-35(23-29-11-4-3-5-12-29)22-21-32-15-6-7-20-38(32)40)39(44)26-30-13-8-16-33(24-30)34-17-10-19-37(27-34)42(46)48-2/h3-20,24-25,27,35,40H,21-23,26,28H2,1-2H3/t35-,40-/m0/s1. The average molecular weight is 638 g/mol. The molecule has 0 fully saturated rings. The Hall–Kier alpha value is -5.49. The molecule has 0 bridgehead atoms. The summed E-state index contributed by atoms with van der Waals surface area (Å²) in [5, 5.41) is 0. The van der Waals surface area contributed by atoms with Crippen molar-refractivity contribution in [1.29, 1.82) is 0 Å². The number of esters is 2. The van der Waals surface area contributed by atoms with Gasteiger partial charge in [0, 0.05) is 6.54 Å². The molecular formula is C42H39NO5. The molecule has 242 valence electrons. The fourth-order valence-corrected chi connectivity index (χ4v) is 6.89. The Labute approximate surface area is 282 Å². The molecule has 1 aliphatic carbocycles. The fourth-order valence-electron chi connectivity index (χ4n) is 6.89. The zero-order valence-corrected chi connectivity index (χ0v) is 27.3. The van der Waals surface area contributed by atoms with Crippen molar-refractivity contribution in [2.24, 2.45) is 5.92 Å². The molecule has 1 amide bonds. The molecule has 1 aliphatic rings. The van der Waals surface area contributed by atoms with Crippen molar-refractivity contribution >= 4 is 17.8 Å². The van der Waals surface area contributed by atoms with Gasteiger partial charge in [0.05, 0.1) is 37.8 Å². The van der Waals surface area contributed by atoms with E-state index in [0.29, 0.717) is 17.7 Å². The molecule has 0 aromatic heterocycles. The lowest BCUT2D eigenvalue weighted by molar-refractivity contribution is -0.135. The molecule has 48 heavy (non-hydrogen) atoms. The van der Waals surface area contributed by atoms with Crippen LogP contribution in [0.3, 0.4) is 0 Å². The predicted molar refractivity (Wildman–Crippen MR) is 186 cm³/mol. The van der Waals surface area contributed by atoms with Crippen LogP contribution >= 0.6 is 0 Å². The molecule has 5 aromatic rings. The molecule has 0 aliphatic heterocycles. The molecule has 6 rings (SSSR count). The van der Waals surface area contributed by atoms with Crippen molar-refractivity contribution in [3.8, 4) is 11.1 Å². The number of aryl methyl sites for hydroxylation is 1. The summed E-state index contributed by atoms with van der Waals surface area (Å²) in [7, 11) is 2.74. The Kier molecular flexibility index (Phi) is 10.1. The highest BCUT2D eigenvalue weighted by atomic mass is 16.5. The summed E-state index contributed by atoms with van der Waals surface area (Å²) in [5.74, 6) is -0.609. The number of hydrogen-bond donors (Lipinski definition) is 0. The number of amides is 1.